The topological polar surface area (TPSA) is 52.5 Å². The Labute approximate surface area is 96.1 Å². The van der Waals surface area contributed by atoms with E-state index in [4.69, 9.17) is 0 Å². The molecule has 0 saturated heterocycles. The van der Waals surface area contributed by atoms with Gasteiger partial charge in [0.15, 0.2) is 0 Å². The molecule has 3 nitrogen and oxygen atoms in total. The predicted octanol–water partition coefficient (Wildman–Crippen LogP) is 2.50. The summed E-state index contributed by atoms with van der Waals surface area (Å²) in [5, 5.41) is 23.0. The van der Waals surface area contributed by atoms with Gasteiger partial charge in [-0.1, -0.05) is 25.0 Å². The number of hydrogen-bond donors (Lipinski definition) is 3. The van der Waals surface area contributed by atoms with E-state index < -0.39 is 0 Å². The van der Waals surface area contributed by atoms with Crippen LogP contribution in [0.5, 0.6) is 5.75 Å². The van der Waals surface area contributed by atoms with Crippen molar-refractivity contribution >= 4 is 5.69 Å². The first kappa shape index (κ1) is 11.3. The summed E-state index contributed by atoms with van der Waals surface area (Å²) in [5.74, 6) is 0.237. The number of phenolic OH excluding ortho intramolecular Hbond substituents is 1. The number of aliphatic hydroxyl groups excluding tert-OH is 1. The van der Waals surface area contributed by atoms with Crippen LogP contribution in [-0.2, 0) is 0 Å². The standard InChI is InChI=1S/C13H19NO2/c1-13(9-5-4-8-12(13)16)14-10-6-2-3-7-11(10)15/h2-3,6-7,12,14-16H,4-5,8-9H2,1H3. The number of para-hydroxylation sites is 2. The Morgan fingerprint density at radius 1 is 1.31 bits per heavy atom. The summed E-state index contributed by atoms with van der Waals surface area (Å²) in [6.07, 6.45) is 3.62. The van der Waals surface area contributed by atoms with Crippen molar-refractivity contribution in [2.75, 3.05) is 5.32 Å². The molecular formula is C13H19NO2. The molecule has 1 aliphatic carbocycles. The average molecular weight is 221 g/mol. The van der Waals surface area contributed by atoms with Crippen LogP contribution in [0.2, 0.25) is 0 Å². The van der Waals surface area contributed by atoms with Gasteiger partial charge in [-0.2, -0.15) is 0 Å². The minimum atomic E-state index is -0.346. The molecule has 0 amide bonds. The Kier molecular flexibility index (Phi) is 3.06. The van der Waals surface area contributed by atoms with Gasteiger partial charge < -0.3 is 15.5 Å². The van der Waals surface area contributed by atoms with E-state index in [0.717, 1.165) is 25.7 Å². The fourth-order valence-corrected chi connectivity index (χ4v) is 2.35. The second-order valence-electron chi connectivity index (χ2n) is 4.82. The van der Waals surface area contributed by atoms with E-state index in [1.165, 1.54) is 0 Å². The van der Waals surface area contributed by atoms with Gasteiger partial charge in [-0.3, -0.25) is 0 Å². The van der Waals surface area contributed by atoms with Gasteiger partial charge in [0.05, 0.1) is 17.3 Å². The molecule has 1 aromatic rings. The van der Waals surface area contributed by atoms with Crippen LogP contribution in [-0.4, -0.2) is 21.9 Å². The number of benzene rings is 1. The van der Waals surface area contributed by atoms with Crippen molar-refractivity contribution in [1.82, 2.24) is 0 Å². The van der Waals surface area contributed by atoms with Crippen LogP contribution in [0.4, 0.5) is 5.69 Å². The fourth-order valence-electron chi connectivity index (χ4n) is 2.35. The second-order valence-corrected chi connectivity index (χ2v) is 4.82. The summed E-state index contributed by atoms with van der Waals surface area (Å²) < 4.78 is 0. The Balaban J connectivity index is 2.16. The van der Waals surface area contributed by atoms with Gasteiger partial charge in [-0.15, -0.1) is 0 Å². The van der Waals surface area contributed by atoms with E-state index in [-0.39, 0.29) is 17.4 Å². The van der Waals surface area contributed by atoms with Gasteiger partial charge in [0.2, 0.25) is 0 Å². The normalized spacial score (nSPS) is 30.0. The minimum absolute atomic E-state index is 0.237. The molecule has 0 aromatic heterocycles. The molecule has 1 aromatic carbocycles. The molecule has 3 N–H and O–H groups in total. The SMILES string of the molecule is CC1(Nc2ccccc2O)CCCCC1O. The molecule has 0 aliphatic heterocycles. The predicted molar refractivity (Wildman–Crippen MR) is 64.6 cm³/mol. The molecule has 1 aliphatic rings. The number of nitrogens with one attached hydrogen (secondary N) is 1. The summed E-state index contributed by atoms with van der Waals surface area (Å²) in [5.41, 5.74) is 0.378. The Morgan fingerprint density at radius 3 is 2.75 bits per heavy atom. The molecule has 3 heteroatoms. The molecule has 0 bridgehead atoms. The van der Waals surface area contributed by atoms with Gasteiger partial charge in [0, 0.05) is 0 Å². The zero-order valence-electron chi connectivity index (χ0n) is 9.61. The van der Waals surface area contributed by atoms with Crippen LogP contribution in [0.1, 0.15) is 32.6 Å². The molecular weight excluding hydrogens is 202 g/mol. The third kappa shape index (κ3) is 2.14. The van der Waals surface area contributed by atoms with Crippen LogP contribution < -0.4 is 5.32 Å². The van der Waals surface area contributed by atoms with Crippen LogP contribution in [0.25, 0.3) is 0 Å². The van der Waals surface area contributed by atoms with Crippen molar-refractivity contribution in [2.45, 2.75) is 44.2 Å². The first-order chi connectivity index (χ1) is 7.62. The van der Waals surface area contributed by atoms with Gasteiger partial charge in [-0.25, -0.2) is 0 Å². The molecule has 2 unspecified atom stereocenters. The Hall–Kier alpha value is -1.22. The van der Waals surface area contributed by atoms with Crippen molar-refractivity contribution in [2.24, 2.45) is 0 Å². The number of anilines is 1. The van der Waals surface area contributed by atoms with Crippen molar-refractivity contribution in [3.8, 4) is 5.75 Å². The molecule has 0 spiro atoms. The summed E-state index contributed by atoms with van der Waals surface area (Å²) in [6, 6.07) is 7.16. The average Bonchev–Trinajstić information content (AvgIpc) is 2.26. The lowest BCUT2D eigenvalue weighted by atomic mass is 9.80. The smallest absolute Gasteiger partial charge is 0.138 e. The van der Waals surface area contributed by atoms with E-state index in [1.807, 2.05) is 19.1 Å². The van der Waals surface area contributed by atoms with E-state index in [9.17, 15) is 10.2 Å². The zero-order chi connectivity index (χ0) is 11.6. The zero-order valence-corrected chi connectivity index (χ0v) is 9.61. The first-order valence-electron chi connectivity index (χ1n) is 5.86. The third-order valence-corrected chi connectivity index (χ3v) is 3.48. The van der Waals surface area contributed by atoms with E-state index in [2.05, 4.69) is 5.32 Å². The maximum Gasteiger partial charge on any atom is 0.138 e. The van der Waals surface area contributed by atoms with Gasteiger partial charge >= 0.3 is 0 Å². The highest BCUT2D eigenvalue weighted by Crippen LogP contribution is 2.34. The third-order valence-electron chi connectivity index (χ3n) is 3.48. The van der Waals surface area contributed by atoms with Crippen LogP contribution in [0.15, 0.2) is 24.3 Å². The summed E-state index contributed by atoms with van der Waals surface area (Å²) >= 11 is 0. The molecule has 1 saturated carbocycles. The summed E-state index contributed by atoms with van der Waals surface area (Å²) in [4.78, 5) is 0. The fraction of sp³-hybridized carbons (Fsp3) is 0.538. The van der Waals surface area contributed by atoms with Crippen LogP contribution >= 0.6 is 0 Å². The molecule has 88 valence electrons. The highest BCUT2D eigenvalue weighted by atomic mass is 16.3. The lowest BCUT2D eigenvalue weighted by Crippen LogP contribution is -2.48. The largest absolute Gasteiger partial charge is 0.506 e. The number of aromatic hydroxyl groups is 1. The Morgan fingerprint density at radius 2 is 2.06 bits per heavy atom. The van der Waals surface area contributed by atoms with Crippen molar-refractivity contribution in [3.63, 3.8) is 0 Å². The van der Waals surface area contributed by atoms with Crippen molar-refractivity contribution in [3.05, 3.63) is 24.3 Å². The monoisotopic (exact) mass is 221 g/mol. The lowest BCUT2D eigenvalue weighted by Gasteiger charge is -2.40. The number of rotatable bonds is 2. The minimum Gasteiger partial charge on any atom is -0.506 e. The van der Waals surface area contributed by atoms with Crippen molar-refractivity contribution < 1.29 is 10.2 Å². The maximum atomic E-state index is 10.0. The summed E-state index contributed by atoms with van der Waals surface area (Å²) in [6.45, 7) is 2.02. The van der Waals surface area contributed by atoms with Crippen molar-refractivity contribution in [1.29, 1.82) is 0 Å². The van der Waals surface area contributed by atoms with E-state index in [1.54, 1.807) is 12.1 Å². The lowest BCUT2D eigenvalue weighted by molar-refractivity contribution is 0.0684. The number of aliphatic hydroxyl groups is 1. The molecule has 2 atom stereocenters. The van der Waals surface area contributed by atoms with Gasteiger partial charge in [-0.05, 0) is 31.9 Å². The molecule has 0 heterocycles. The van der Waals surface area contributed by atoms with E-state index in [0.29, 0.717) is 5.69 Å². The molecule has 16 heavy (non-hydrogen) atoms. The molecule has 1 fully saturated rings. The highest BCUT2D eigenvalue weighted by molar-refractivity contribution is 5.57. The second kappa shape index (κ2) is 4.34. The summed E-state index contributed by atoms with van der Waals surface area (Å²) in [7, 11) is 0. The first-order valence-corrected chi connectivity index (χ1v) is 5.86. The van der Waals surface area contributed by atoms with Crippen LogP contribution in [0, 0.1) is 0 Å². The quantitative estimate of drug-likeness (QED) is 0.672. The van der Waals surface area contributed by atoms with Crippen LogP contribution in [0.3, 0.4) is 0 Å². The highest BCUT2D eigenvalue weighted by Gasteiger charge is 2.35. The number of hydrogen-bond acceptors (Lipinski definition) is 3. The molecule has 2 rings (SSSR count). The Bertz CT molecular complexity index is 367. The van der Waals surface area contributed by atoms with Gasteiger partial charge in [0.25, 0.3) is 0 Å². The molecule has 0 radical (unpaired) electrons. The maximum absolute atomic E-state index is 10.0. The van der Waals surface area contributed by atoms with E-state index >= 15 is 0 Å². The number of phenols is 1. The van der Waals surface area contributed by atoms with Gasteiger partial charge in [0.1, 0.15) is 5.75 Å².